The molecule has 2 aromatic carbocycles. The number of carboxylic acid groups (broad SMARTS) is 1. The summed E-state index contributed by atoms with van der Waals surface area (Å²) in [5, 5.41) is 14.5. The Balaban J connectivity index is 1.57. The molecule has 160 valence electrons. The Hall–Kier alpha value is -3.26. The number of halogens is 2. The molecule has 1 unspecified atom stereocenters. The molecule has 0 bridgehead atoms. The lowest BCUT2D eigenvalue weighted by Crippen LogP contribution is -2.17. The van der Waals surface area contributed by atoms with Gasteiger partial charge in [-0.3, -0.25) is 4.79 Å². The maximum atomic E-state index is 12.6. The molecule has 0 spiro atoms. The number of anilines is 1. The number of hydrogen-bond donors (Lipinski definition) is 2. The number of amides is 1. The van der Waals surface area contributed by atoms with Crippen LogP contribution in [-0.4, -0.2) is 23.6 Å². The molecular formula is C23H19F2NO4S. The molecule has 1 aliphatic rings. The number of benzene rings is 2. The van der Waals surface area contributed by atoms with Gasteiger partial charge in [0.25, 0.3) is 5.91 Å². The molecule has 5 nitrogen and oxygen atoms in total. The summed E-state index contributed by atoms with van der Waals surface area (Å²) in [6.07, 6.45) is 2.44. The number of rotatable bonds is 6. The summed E-state index contributed by atoms with van der Waals surface area (Å²) >= 11 is 1.15. The lowest BCUT2D eigenvalue weighted by atomic mass is 9.80. The van der Waals surface area contributed by atoms with Crippen molar-refractivity contribution in [2.75, 3.05) is 5.32 Å². The maximum Gasteiger partial charge on any atom is 0.387 e. The minimum Gasteiger partial charge on any atom is -0.478 e. The van der Waals surface area contributed by atoms with Gasteiger partial charge in [0.2, 0.25) is 0 Å². The van der Waals surface area contributed by atoms with Gasteiger partial charge in [-0.1, -0.05) is 30.3 Å². The van der Waals surface area contributed by atoms with Gasteiger partial charge in [-0.25, -0.2) is 4.79 Å². The van der Waals surface area contributed by atoms with Gasteiger partial charge in [0.15, 0.2) is 0 Å². The summed E-state index contributed by atoms with van der Waals surface area (Å²) in [7, 11) is 0. The first-order valence-electron chi connectivity index (χ1n) is 9.70. The zero-order chi connectivity index (χ0) is 22.0. The summed E-state index contributed by atoms with van der Waals surface area (Å²) < 4.78 is 29.2. The first-order valence-corrected chi connectivity index (χ1v) is 10.6. The zero-order valence-electron chi connectivity index (χ0n) is 16.3. The van der Waals surface area contributed by atoms with E-state index in [0.29, 0.717) is 5.56 Å². The second kappa shape index (κ2) is 8.85. The molecule has 31 heavy (non-hydrogen) atoms. The zero-order valence-corrected chi connectivity index (χ0v) is 17.1. The molecule has 1 aromatic heterocycles. The number of aromatic carboxylic acids is 1. The number of thiophene rings is 1. The molecule has 0 fully saturated rings. The van der Waals surface area contributed by atoms with Crippen LogP contribution in [0.25, 0.3) is 0 Å². The van der Waals surface area contributed by atoms with Crippen molar-refractivity contribution < 1.29 is 28.2 Å². The van der Waals surface area contributed by atoms with E-state index >= 15 is 0 Å². The standard InChI is InChI=1S/C23H19F2NO4S/c24-23(25)30-17-7-3-6-16(11-17)20(27)26-21-19(22(28)29)18(12-31-21)15-9-8-13-4-1-2-5-14(13)10-15/h1-7,11-12,15,23H,8-10H2,(H,26,27)(H,28,29). The average molecular weight is 443 g/mol. The van der Waals surface area contributed by atoms with Gasteiger partial charge < -0.3 is 15.2 Å². The van der Waals surface area contributed by atoms with Crippen molar-refractivity contribution in [3.8, 4) is 5.75 Å². The summed E-state index contributed by atoms with van der Waals surface area (Å²) in [6.45, 7) is -3.00. The van der Waals surface area contributed by atoms with Crippen molar-refractivity contribution in [3.05, 3.63) is 81.7 Å². The molecule has 1 amide bonds. The Bertz CT molecular complexity index is 1130. The second-order valence-corrected chi connectivity index (χ2v) is 8.15. The van der Waals surface area contributed by atoms with Crippen molar-refractivity contribution in [2.24, 2.45) is 0 Å². The molecule has 0 radical (unpaired) electrons. The van der Waals surface area contributed by atoms with Crippen LogP contribution in [0.3, 0.4) is 0 Å². The molecule has 1 heterocycles. The summed E-state index contributed by atoms with van der Waals surface area (Å²) in [5.41, 5.74) is 3.38. The van der Waals surface area contributed by atoms with Gasteiger partial charge in [0.1, 0.15) is 10.8 Å². The minimum absolute atomic E-state index is 0.0469. The van der Waals surface area contributed by atoms with Gasteiger partial charge in [-0.05, 0) is 65.4 Å². The highest BCUT2D eigenvalue weighted by Gasteiger charge is 2.28. The molecule has 3 aromatic rings. The summed E-state index contributed by atoms with van der Waals surface area (Å²) in [5.74, 6) is -1.80. The van der Waals surface area contributed by atoms with E-state index in [1.165, 1.54) is 35.4 Å². The van der Waals surface area contributed by atoms with Crippen LogP contribution in [0.15, 0.2) is 53.9 Å². The highest BCUT2D eigenvalue weighted by Crippen LogP contribution is 2.40. The minimum atomic E-state index is -3.00. The molecular weight excluding hydrogens is 424 g/mol. The Morgan fingerprint density at radius 1 is 1.13 bits per heavy atom. The van der Waals surface area contributed by atoms with Crippen LogP contribution >= 0.6 is 11.3 Å². The van der Waals surface area contributed by atoms with E-state index < -0.39 is 18.5 Å². The lowest BCUT2D eigenvalue weighted by Gasteiger charge is -2.24. The second-order valence-electron chi connectivity index (χ2n) is 7.27. The van der Waals surface area contributed by atoms with Crippen LogP contribution in [-0.2, 0) is 12.8 Å². The first kappa shape index (κ1) is 21.0. The fraction of sp³-hybridized carbons (Fsp3) is 0.217. The van der Waals surface area contributed by atoms with E-state index in [-0.39, 0.29) is 27.8 Å². The fourth-order valence-electron chi connectivity index (χ4n) is 3.94. The third-order valence-corrected chi connectivity index (χ3v) is 6.28. The number of aryl methyl sites for hydroxylation is 1. The molecule has 1 atom stereocenters. The monoisotopic (exact) mass is 443 g/mol. The number of hydrogen-bond acceptors (Lipinski definition) is 4. The largest absolute Gasteiger partial charge is 0.478 e. The van der Waals surface area contributed by atoms with Gasteiger partial charge in [-0.15, -0.1) is 11.3 Å². The smallest absolute Gasteiger partial charge is 0.387 e. The van der Waals surface area contributed by atoms with Crippen molar-refractivity contribution >= 4 is 28.2 Å². The van der Waals surface area contributed by atoms with Crippen molar-refractivity contribution in [3.63, 3.8) is 0 Å². The third kappa shape index (κ3) is 4.59. The number of fused-ring (bicyclic) bond motifs is 1. The third-order valence-electron chi connectivity index (χ3n) is 5.37. The van der Waals surface area contributed by atoms with Gasteiger partial charge in [-0.2, -0.15) is 8.78 Å². The molecule has 4 rings (SSSR count). The van der Waals surface area contributed by atoms with E-state index in [4.69, 9.17) is 0 Å². The van der Waals surface area contributed by atoms with Crippen LogP contribution in [0.1, 0.15) is 49.7 Å². The average Bonchev–Trinajstić information content (AvgIpc) is 3.17. The number of alkyl halides is 2. The van der Waals surface area contributed by atoms with E-state index in [2.05, 4.69) is 22.2 Å². The maximum absolute atomic E-state index is 12.6. The molecule has 0 aliphatic heterocycles. The van der Waals surface area contributed by atoms with E-state index in [1.807, 2.05) is 12.1 Å². The Morgan fingerprint density at radius 3 is 2.65 bits per heavy atom. The topological polar surface area (TPSA) is 75.6 Å². The predicted octanol–water partition coefficient (Wildman–Crippen LogP) is 5.57. The lowest BCUT2D eigenvalue weighted by molar-refractivity contribution is -0.0498. The number of ether oxygens (including phenoxy) is 1. The van der Waals surface area contributed by atoms with Crippen LogP contribution < -0.4 is 10.1 Å². The normalized spacial score (nSPS) is 15.4. The van der Waals surface area contributed by atoms with Crippen LogP contribution in [0.2, 0.25) is 0 Å². The Kier molecular flexibility index (Phi) is 5.99. The molecule has 8 heteroatoms. The number of carboxylic acids is 1. The molecule has 2 N–H and O–H groups in total. The quantitative estimate of drug-likeness (QED) is 0.522. The van der Waals surface area contributed by atoms with Crippen LogP contribution in [0.4, 0.5) is 13.8 Å². The van der Waals surface area contributed by atoms with Crippen molar-refractivity contribution in [2.45, 2.75) is 31.8 Å². The number of carbonyl (C=O) groups excluding carboxylic acids is 1. The first-order chi connectivity index (χ1) is 14.9. The van der Waals surface area contributed by atoms with E-state index in [9.17, 15) is 23.5 Å². The Morgan fingerprint density at radius 2 is 1.90 bits per heavy atom. The van der Waals surface area contributed by atoms with Gasteiger partial charge in [0, 0.05) is 5.56 Å². The SMILES string of the molecule is O=C(Nc1scc(C2CCc3ccccc3C2)c1C(=O)O)c1cccc(OC(F)F)c1. The number of nitrogens with one attached hydrogen (secondary N) is 1. The molecule has 0 saturated carbocycles. The van der Waals surface area contributed by atoms with Crippen LogP contribution in [0.5, 0.6) is 5.75 Å². The van der Waals surface area contributed by atoms with E-state index in [1.54, 1.807) is 5.38 Å². The Labute approximate surface area is 181 Å². The summed E-state index contributed by atoms with van der Waals surface area (Å²) in [6, 6.07) is 13.5. The van der Waals surface area contributed by atoms with Gasteiger partial charge >= 0.3 is 12.6 Å². The van der Waals surface area contributed by atoms with Crippen molar-refractivity contribution in [1.82, 2.24) is 0 Å². The van der Waals surface area contributed by atoms with Gasteiger partial charge in [0.05, 0.1) is 5.56 Å². The molecule has 1 aliphatic carbocycles. The highest BCUT2D eigenvalue weighted by molar-refractivity contribution is 7.15. The van der Waals surface area contributed by atoms with Crippen molar-refractivity contribution in [1.29, 1.82) is 0 Å². The number of carbonyl (C=O) groups is 2. The predicted molar refractivity (Wildman–Crippen MR) is 114 cm³/mol. The summed E-state index contributed by atoms with van der Waals surface area (Å²) in [4.78, 5) is 24.7. The fourth-order valence-corrected chi connectivity index (χ4v) is 4.97. The highest BCUT2D eigenvalue weighted by atomic mass is 32.1. The van der Waals surface area contributed by atoms with Crippen LogP contribution in [0, 0.1) is 0 Å². The molecule has 0 saturated heterocycles. The van der Waals surface area contributed by atoms with E-state index in [0.717, 1.165) is 30.6 Å².